The third kappa shape index (κ3) is 12.1. The van der Waals surface area contributed by atoms with Crippen LogP contribution in [0.25, 0.3) is 52.9 Å². The van der Waals surface area contributed by atoms with Crippen LogP contribution in [0.3, 0.4) is 0 Å². The van der Waals surface area contributed by atoms with Gasteiger partial charge in [0.1, 0.15) is 0 Å². The Morgan fingerprint density at radius 2 is 0.438 bits per heavy atom. The van der Waals surface area contributed by atoms with Crippen LogP contribution in [0.4, 0.5) is 68.2 Å². The van der Waals surface area contributed by atoms with Crippen LogP contribution in [0.2, 0.25) is 39.3 Å². The molecular formula is C104H96N4S2Si2. The van der Waals surface area contributed by atoms with E-state index in [1.54, 1.807) is 0 Å². The van der Waals surface area contributed by atoms with Crippen molar-refractivity contribution in [3.05, 3.63) is 372 Å². The molecule has 0 unspecified atom stereocenters. The standard InChI is InChI=1S/C55H50N2SSi.C49H46N2SSi/c1-54(2)47-35-41(56(38-21-13-9-14-22-38)40-27-31-43(32-28-40)59(5,6)7)29-33-45(47)52-50(54)51-53(58-52)46-34-30-42(36-48(46)55(51,3)4)57(39-23-15-10-16-24-39)49-26-18-17-25-44(49)37-19-11-8-12-20-37;1-48(2)42-31-37(50(33-17-11-8-12-18-33)34-19-13-9-14-20-34)25-29-40(42)46-44(48)45-47(52-46)41-30-26-38(32-43(41)49(45,3)4)51(35-21-15-10-16-22-35)36-23-27-39(28-24-36)53(5,6)7/h8-36H,1-7H3;8-32H,1-7H3. The van der Waals surface area contributed by atoms with Gasteiger partial charge in [-0.15, -0.1) is 22.7 Å². The van der Waals surface area contributed by atoms with Crippen molar-refractivity contribution in [2.24, 2.45) is 0 Å². The average molecular weight is 1520 g/mol. The highest BCUT2D eigenvalue weighted by molar-refractivity contribution is 7.20. The molecule has 13 aromatic carbocycles. The van der Waals surface area contributed by atoms with Gasteiger partial charge < -0.3 is 19.6 Å². The molecule has 0 N–H and O–H groups in total. The van der Waals surface area contributed by atoms with Crippen LogP contribution in [-0.2, 0) is 21.7 Å². The van der Waals surface area contributed by atoms with Crippen LogP contribution in [0, 0.1) is 0 Å². The predicted molar refractivity (Wildman–Crippen MR) is 489 cm³/mol. The Morgan fingerprint density at radius 1 is 0.214 bits per heavy atom. The van der Waals surface area contributed by atoms with Gasteiger partial charge in [-0.3, -0.25) is 0 Å². The molecule has 4 nitrogen and oxygen atoms in total. The summed E-state index contributed by atoms with van der Waals surface area (Å²) >= 11 is 3.99. The number of nitrogens with zero attached hydrogens (tertiary/aromatic N) is 4. The van der Waals surface area contributed by atoms with Crippen LogP contribution in [0.15, 0.2) is 328 Å². The number of hydrogen-bond donors (Lipinski definition) is 0. The van der Waals surface area contributed by atoms with Gasteiger partial charge in [0, 0.05) is 109 Å². The molecule has 2 heterocycles. The first-order valence-corrected chi connectivity index (χ1v) is 48.3. The third-order valence-corrected chi connectivity index (χ3v) is 31.0. The first kappa shape index (κ1) is 72.4. The summed E-state index contributed by atoms with van der Waals surface area (Å²) in [6.07, 6.45) is 0. The van der Waals surface area contributed by atoms with Gasteiger partial charge in [-0.2, -0.15) is 0 Å². The average Bonchev–Trinajstić information content (AvgIpc) is 1.52. The molecule has 8 heteroatoms. The molecule has 0 amide bonds. The summed E-state index contributed by atoms with van der Waals surface area (Å²) in [5.74, 6) is 0. The lowest BCUT2D eigenvalue weighted by atomic mass is 9.74. The minimum Gasteiger partial charge on any atom is -0.310 e. The minimum absolute atomic E-state index is 0.153. The van der Waals surface area contributed by atoms with Crippen LogP contribution in [-0.4, -0.2) is 16.1 Å². The number of hydrogen-bond acceptors (Lipinski definition) is 6. The molecule has 0 atom stereocenters. The quantitative estimate of drug-likeness (QED) is 0.0949. The van der Waals surface area contributed by atoms with E-state index >= 15 is 0 Å². The molecule has 0 spiro atoms. The molecule has 4 aliphatic rings. The number of thiophene rings is 2. The lowest BCUT2D eigenvalue weighted by Crippen LogP contribution is -2.37. The summed E-state index contributed by atoms with van der Waals surface area (Å²) in [6, 6.07) is 121. The zero-order valence-electron chi connectivity index (χ0n) is 66.8. The van der Waals surface area contributed by atoms with Gasteiger partial charge in [0.05, 0.1) is 21.8 Å². The van der Waals surface area contributed by atoms with Gasteiger partial charge in [-0.25, -0.2) is 0 Å². The number of fused-ring (bicyclic) bond motifs is 14. The van der Waals surface area contributed by atoms with Crippen molar-refractivity contribution in [3.8, 4) is 52.9 Å². The van der Waals surface area contributed by atoms with Crippen molar-refractivity contribution >= 4 is 117 Å². The zero-order chi connectivity index (χ0) is 77.4. The molecule has 0 fully saturated rings. The smallest absolute Gasteiger partial charge is 0.0775 e. The Hall–Kier alpha value is -11.1. The largest absolute Gasteiger partial charge is 0.310 e. The minimum atomic E-state index is -1.43. The maximum Gasteiger partial charge on any atom is 0.0775 e. The second-order valence-electron chi connectivity index (χ2n) is 34.9. The molecule has 552 valence electrons. The molecule has 19 rings (SSSR count). The molecule has 0 bridgehead atoms. The number of anilines is 12. The van der Waals surface area contributed by atoms with Gasteiger partial charge in [-0.05, 0) is 212 Å². The van der Waals surface area contributed by atoms with Crippen LogP contribution < -0.4 is 30.0 Å². The fraction of sp³-hybridized carbons (Fsp3) is 0.173. The van der Waals surface area contributed by atoms with Crippen LogP contribution >= 0.6 is 22.7 Å². The number of para-hydroxylation sites is 6. The molecule has 0 saturated carbocycles. The molecule has 2 aromatic heterocycles. The molecule has 0 saturated heterocycles. The fourth-order valence-electron chi connectivity index (χ4n) is 18.5. The molecule has 4 aliphatic carbocycles. The van der Waals surface area contributed by atoms with E-state index in [2.05, 4.69) is 442 Å². The van der Waals surface area contributed by atoms with E-state index in [0.717, 1.165) is 17.1 Å². The lowest BCUT2D eigenvalue weighted by molar-refractivity contribution is 0.603. The highest BCUT2D eigenvalue weighted by Crippen LogP contribution is 2.67. The van der Waals surface area contributed by atoms with Crippen LogP contribution in [0.1, 0.15) is 99.9 Å². The Bertz CT molecular complexity index is 6030. The molecule has 0 aliphatic heterocycles. The zero-order valence-corrected chi connectivity index (χ0v) is 70.4. The summed E-state index contributed by atoms with van der Waals surface area (Å²) in [5, 5.41) is 2.95. The maximum absolute atomic E-state index is 2.48. The normalized spacial score (nSPS) is 14.4. The Kier molecular flexibility index (Phi) is 17.7. The lowest BCUT2D eigenvalue weighted by Gasteiger charge is -2.31. The van der Waals surface area contributed by atoms with Gasteiger partial charge in [0.25, 0.3) is 0 Å². The fourth-order valence-corrected chi connectivity index (χ4v) is 24.2. The van der Waals surface area contributed by atoms with E-state index in [1.807, 2.05) is 22.7 Å². The van der Waals surface area contributed by atoms with Crippen molar-refractivity contribution in [3.63, 3.8) is 0 Å². The van der Waals surface area contributed by atoms with Crippen LogP contribution in [0.5, 0.6) is 0 Å². The molecular weight excluding hydrogens is 1430 g/mol. The maximum atomic E-state index is 2.48. The van der Waals surface area contributed by atoms with Crippen molar-refractivity contribution in [2.75, 3.05) is 19.6 Å². The number of rotatable bonds is 15. The topological polar surface area (TPSA) is 13.0 Å². The van der Waals surface area contributed by atoms with E-state index in [-0.39, 0.29) is 21.7 Å². The van der Waals surface area contributed by atoms with Gasteiger partial charge in [0.15, 0.2) is 0 Å². The second-order valence-corrected chi connectivity index (χ2v) is 47.1. The van der Waals surface area contributed by atoms with Crippen molar-refractivity contribution < 1.29 is 0 Å². The van der Waals surface area contributed by atoms with E-state index in [0.29, 0.717) is 0 Å². The highest BCUT2D eigenvalue weighted by atomic mass is 32.1. The van der Waals surface area contributed by atoms with E-state index in [9.17, 15) is 0 Å². The van der Waals surface area contributed by atoms with E-state index in [4.69, 9.17) is 0 Å². The summed E-state index contributed by atoms with van der Waals surface area (Å²) in [6.45, 7) is 34.1. The van der Waals surface area contributed by atoms with Crippen molar-refractivity contribution in [1.29, 1.82) is 0 Å². The Balaban J connectivity index is 0.000000157. The first-order chi connectivity index (χ1) is 53.9. The summed E-state index contributed by atoms with van der Waals surface area (Å²) in [5.41, 5.74) is 32.9. The first-order valence-electron chi connectivity index (χ1n) is 39.6. The molecule has 15 aromatic rings. The highest BCUT2D eigenvalue weighted by Gasteiger charge is 2.51. The van der Waals surface area contributed by atoms with Gasteiger partial charge in [0.2, 0.25) is 0 Å². The second kappa shape index (κ2) is 27.4. The third-order valence-electron chi connectivity index (χ3n) is 24.3. The SMILES string of the molecule is CC1(C)c2cc(N(c3ccccc3)c3ccc([Si](C)(C)C)cc3)ccc2-c2sc3c(c21)C(C)(C)c1cc(N(c2ccccc2)c2ccccc2-c2ccccc2)ccc1-3.CC1(C)c2cc(N(c3ccccc3)c3ccccc3)ccc2-c2sc3c(c21)C(C)(C)c1cc(N(c2ccccc2)c2ccc([Si](C)(C)C)cc2)ccc1-3. The monoisotopic (exact) mass is 1520 g/mol. The van der Waals surface area contributed by atoms with Gasteiger partial charge in [-0.1, -0.05) is 293 Å². The summed E-state index contributed by atoms with van der Waals surface area (Å²) in [7, 11) is -2.85. The van der Waals surface area contributed by atoms with Crippen molar-refractivity contribution in [2.45, 2.75) is 116 Å². The number of benzene rings is 13. The Morgan fingerprint density at radius 3 is 0.714 bits per heavy atom. The van der Waals surface area contributed by atoms with Gasteiger partial charge >= 0.3 is 0 Å². The van der Waals surface area contributed by atoms with E-state index in [1.165, 1.54) is 159 Å². The van der Waals surface area contributed by atoms with E-state index < -0.39 is 16.1 Å². The summed E-state index contributed by atoms with van der Waals surface area (Å²) in [4.78, 5) is 15.4. The molecule has 112 heavy (non-hydrogen) atoms. The summed E-state index contributed by atoms with van der Waals surface area (Å²) < 4.78 is 0. The van der Waals surface area contributed by atoms with Crippen molar-refractivity contribution in [1.82, 2.24) is 0 Å². The molecule has 0 radical (unpaired) electrons. The predicted octanol–water partition coefficient (Wildman–Crippen LogP) is 29.4. The Labute approximate surface area is 673 Å².